The number of nitrogens with zero attached hydrogens (tertiary/aromatic N) is 1. The van der Waals surface area contributed by atoms with Gasteiger partial charge >= 0.3 is 5.97 Å². The number of hydrogen-bond acceptors (Lipinski definition) is 4. The topological polar surface area (TPSA) is 83.0 Å². The van der Waals surface area contributed by atoms with Crippen LogP contribution in [-0.2, 0) is 17.0 Å². The molecule has 0 fully saturated rings. The van der Waals surface area contributed by atoms with Gasteiger partial charge in [-0.05, 0) is 13.2 Å². The average molecular weight is 228 g/mol. The van der Waals surface area contributed by atoms with Gasteiger partial charge in [-0.1, -0.05) is 0 Å². The number of aryl methyl sites for hydroxylation is 1. The second kappa shape index (κ2) is 4.97. The monoisotopic (exact) mass is 228 g/mol. The fraction of sp³-hybridized carbons (Fsp3) is 0.444. The molecule has 5 nitrogen and oxygen atoms in total. The zero-order valence-electron chi connectivity index (χ0n) is 8.53. The Morgan fingerprint density at radius 1 is 1.60 bits per heavy atom. The van der Waals surface area contributed by atoms with E-state index in [2.05, 4.69) is 9.97 Å². The van der Waals surface area contributed by atoms with Crippen LogP contribution < -0.4 is 5.56 Å². The number of H-pyrrole nitrogens is 1. The molecule has 0 amide bonds. The molecule has 0 aliphatic carbocycles. The number of rotatable bonds is 4. The second-order valence-electron chi connectivity index (χ2n) is 3.08. The summed E-state index contributed by atoms with van der Waals surface area (Å²) in [7, 11) is 0. The van der Waals surface area contributed by atoms with Crippen LogP contribution in [0.25, 0.3) is 0 Å². The summed E-state index contributed by atoms with van der Waals surface area (Å²) in [6, 6.07) is 0. The number of carboxylic acids is 1. The van der Waals surface area contributed by atoms with E-state index in [4.69, 9.17) is 5.11 Å². The van der Waals surface area contributed by atoms with Gasteiger partial charge in [-0.3, -0.25) is 9.59 Å². The molecule has 0 saturated heterocycles. The van der Waals surface area contributed by atoms with Gasteiger partial charge in [-0.2, -0.15) is 11.8 Å². The van der Waals surface area contributed by atoms with Crippen molar-refractivity contribution in [1.82, 2.24) is 9.97 Å². The van der Waals surface area contributed by atoms with Crippen LogP contribution in [0.4, 0.5) is 0 Å². The first kappa shape index (κ1) is 11.8. The third kappa shape index (κ3) is 3.09. The number of aliphatic carboxylic acids is 1. The molecule has 1 aromatic rings. The minimum atomic E-state index is -1.02. The van der Waals surface area contributed by atoms with E-state index in [1.54, 1.807) is 18.7 Å². The maximum absolute atomic E-state index is 11.5. The normalized spacial score (nSPS) is 10.3. The molecular formula is C9H12N2O3S. The van der Waals surface area contributed by atoms with Crippen LogP contribution in [0.15, 0.2) is 4.79 Å². The number of nitrogens with one attached hydrogen (secondary N) is 1. The lowest BCUT2D eigenvalue weighted by atomic mass is 10.2. The van der Waals surface area contributed by atoms with Gasteiger partial charge in [0.25, 0.3) is 5.56 Å². The zero-order chi connectivity index (χ0) is 11.4. The van der Waals surface area contributed by atoms with E-state index in [1.807, 2.05) is 6.26 Å². The highest BCUT2D eigenvalue weighted by Gasteiger charge is 2.11. The molecule has 6 heteroatoms. The van der Waals surface area contributed by atoms with E-state index in [9.17, 15) is 9.59 Å². The molecule has 1 aromatic heterocycles. The van der Waals surface area contributed by atoms with Crippen molar-refractivity contribution in [3.63, 3.8) is 0 Å². The summed E-state index contributed by atoms with van der Waals surface area (Å²) in [5.41, 5.74) is 0.367. The number of hydrogen-bond donors (Lipinski definition) is 2. The van der Waals surface area contributed by atoms with E-state index < -0.39 is 5.97 Å². The fourth-order valence-corrected chi connectivity index (χ4v) is 1.64. The van der Waals surface area contributed by atoms with Gasteiger partial charge in [0, 0.05) is 11.3 Å². The number of aromatic nitrogens is 2. The largest absolute Gasteiger partial charge is 0.481 e. The Labute approximate surface area is 90.9 Å². The molecular weight excluding hydrogens is 216 g/mol. The van der Waals surface area contributed by atoms with Crippen molar-refractivity contribution in [3.05, 3.63) is 27.4 Å². The molecule has 0 aliphatic rings. The smallest absolute Gasteiger partial charge is 0.308 e. The Balaban J connectivity index is 3.10. The molecule has 0 aromatic carbocycles. The highest BCUT2D eigenvalue weighted by molar-refractivity contribution is 7.97. The molecule has 0 radical (unpaired) electrons. The first-order valence-corrected chi connectivity index (χ1v) is 5.73. The molecule has 2 N–H and O–H groups in total. The molecule has 1 heterocycles. The second-order valence-corrected chi connectivity index (χ2v) is 3.95. The highest BCUT2D eigenvalue weighted by Crippen LogP contribution is 2.05. The van der Waals surface area contributed by atoms with E-state index in [0.717, 1.165) is 0 Å². The molecule has 0 unspecified atom stereocenters. The number of carbonyl (C=O) groups is 1. The van der Waals surface area contributed by atoms with Crippen LogP contribution in [0.1, 0.15) is 17.1 Å². The Hall–Kier alpha value is -1.30. The first-order chi connectivity index (χ1) is 7.04. The zero-order valence-corrected chi connectivity index (χ0v) is 9.35. The molecule has 0 bridgehead atoms. The Morgan fingerprint density at radius 2 is 2.27 bits per heavy atom. The minimum Gasteiger partial charge on any atom is -0.481 e. The molecule has 82 valence electrons. The summed E-state index contributed by atoms with van der Waals surface area (Å²) >= 11 is 1.54. The van der Waals surface area contributed by atoms with E-state index in [-0.39, 0.29) is 17.5 Å². The van der Waals surface area contributed by atoms with Crippen LogP contribution in [0.2, 0.25) is 0 Å². The quantitative estimate of drug-likeness (QED) is 0.787. The van der Waals surface area contributed by atoms with Gasteiger partial charge in [0.2, 0.25) is 0 Å². The lowest BCUT2D eigenvalue weighted by Crippen LogP contribution is -2.21. The van der Waals surface area contributed by atoms with Crippen molar-refractivity contribution >= 4 is 17.7 Å². The molecule has 0 saturated carbocycles. The van der Waals surface area contributed by atoms with Gasteiger partial charge < -0.3 is 10.1 Å². The fourth-order valence-electron chi connectivity index (χ4n) is 1.23. The predicted octanol–water partition coefficient (Wildman–Crippen LogP) is 0.568. The maximum atomic E-state index is 11.5. The molecule has 0 aliphatic heterocycles. The van der Waals surface area contributed by atoms with Crippen LogP contribution in [0.5, 0.6) is 0 Å². The third-order valence-corrected chi connectivity index (χ3v) is 2.44. The van der Waals surface area contributed by atoms with E-state index in [0.29, 0.717) is 17.3 Å². The van der Waals surface area contributed by atoms with Gasteiger partial charge in [-0.25, -0.2) is 4.98 Å². The number of carboxylic acid groups (broad SMARTS) is 1. The van der Waals surface area contributed by atoms with Gasteiger partial charge in [0.15, 0.2) is 0 Å². The average Bonchev–Trinajstić information content (AvgIpc) is 2.11. The van der Waals surface area contributed by atoms with Crippen LogP contribution in [0, 0.1) is 6.92 Å². The number of aromatic amines is 1. The number of thioether (sulfide) groups is 1. The molecule has 15 heavy (non-hydrogen) atoms. The Bertz CT molecular complexity index is 428. The standard InChI is InChI=1S/C9H12N2O3S/c1-5-6(3-8(12)13)9(14)11-7(10-5)4-15-2/h3-4H2,1-2H3,(H,12,13)(H,10,11,14). The Morgan fingerprint density at radius 3 is 2.73 bits per heavy atom. The summed E-state index contributed by atoms with van der Waals surface area (Å²) in [5.74, 6) is 0.172. The van der Waals surface area contributed by atoms with E-state index in [1.165, 1.54) is 0 Å². The van der Waals surface area contributed by atoms with Crippen molar-refractivity contribution in [3.8, 4) is 0 Å². The van der Waals surface area contributed by atoms with Crippen LogP contribution in [0.3, 0.4) is 0 Å². The van der Waals surface area contributed by atoms with Crippen LogP contribution >= 0.6 is 11.8 Å². The highest BCUT2D eigenvalue weighted by atomic mass is 32.2. The minimum absolute atomic E-state index is 0.229. The van der Waals surface area contributed by atoms with Crippen molar-refractivity contribution < 1.29 is 9.90 Å². The van der Waals surface area contributed by atoms with Crippen molar-refractivity contribution in [1.29, 1.82) is 0 Å². The summed E-state index contributed by atoms with van der Waals surface area (Å²) in [6.45, 7) is 1.65. The predicted molar refractivity (Wildman–Crippen MR) is 58.2 cm³/mol. The molecule has 1 rings (SSSR count). The van der Waals surface area contributed by atoms with Crippen molar-refractivity contribution in [2.24, 2.45) is 0 Å². The summed E-state index contributed by atoms with van der Waals surface area (Å²) in [5, 5.41) is 8.60. The van der Waals surface area contributed by atoms with Gasteiger partial charge in [0.1, 0.15) is 5.82 Å². The third-order valence-electron chi connectivity index (χ3n) is 1.88. The maximum Gasteiger partial charge on any atom is 0.308 e. The summed E-state index contributed by atoms with van der Waals surface area (Å²) < 4.78 is 0. The molecule has 0 atom stereocenters. The first-order valence-electron chi connectivity index (χ1n) is 4.34. The van der Waals surface area contributed by atoms with E-state index >= 15 is 0 Å². The van der Waals surface area contributed by atoms with Crippen molar-refractivity contribution in [2.45, 2.75) is 19.1 Å². The van der Waals surface area contributed by atoms with Crippen LogP contribution in [-0.4, -0.2) is 27.3 Å². The lowest BCUT2D eigenvalue weighted by Gasteiger charge is -2.04. The van der Waals surface area contributed by atoms with Crippen molar-refractivity contribution in [2.75, 3.05) is 6.26 Å². The van der Waals surface area contributed by atoms with Gasteiger partial charge in [-0.15, -0.1) is 0 Å². The van der Waals surface area contributed by atoms with Gasteiger partial charge in [0.05, 0.1) is 12.2 Å². The molecule has 0 spiro atoms. The summed E-state index contributed by atoms with van der Waals surface area (Å²) in [6.07, 6.45) is 1.62. The lowest BCUT2D eigenvalue weighted by molar-refractivity contribution is -0.136. The summed E-state index contributed by atoms with van der Waals surface area (Å²) in [4.78, 5) is 28.7. The Kier molecular flexibility index (Phi) is 3.90. The SMILES string of the molecule is CSCc1nc(C)c(CC(=O)O)c(=O)[nH]1.